The normalized spacial score (nSPS) is 56.5. The van der Waals surface area contributed by atoms with E-state index in [2.05, 4.69) is 6.58 Å². The number of rotatable bonds is 2. The van der Waals surface area contributed by atoms with Crippen LogP contribution in [0.15, 0.2) is 12.3 Å². The van der Waals surface area contributed by atoms with Crippen molar-refractivity contribution in [2.75, 3.05) is 7.11 Å². The molecule has 4 heterocycles. The zero-order valence-corrected chi connectivity index (χ0v) is 27.2. The summed E-state index contributed by atoms with van der Waals surface area (Å²) in [6, 6.07) is 0. The fourth-order valence-electron chi connectivity index (χ4n) is 4.31. The van der Waals surface area contributed by atoms with Crippen molar-refractivity contribution in [3.63, 3.8) is 0 Å². The van der Waals surface area contributed by atoms with Crippen LogP contribution in [0.5, 0.6) is 0 Å². The largest absolute Gasteiger partial charge is 0.506 e. The molecule has 4 aliphatic rings. The topological polar surface area (TPSA) is 111 Å². The van der Waals surface area contributed by atoms with Crippen LogP contribution >= 0.6 is 0 Å². The molecule has 4 aliphatic heterocycles. The van der Waals surface area contributed by atoms with Crippen LogP contribution in [-0.2, 0) is 49.7 Å². The second-order valence-corrected chi connectivity index (χ2v) is 32.9. The van der Waals surface area contributed by atoms with E-state index in [9.17, 15) is 0 Å². The molecule has 20 heteroatoms. The highest BCUT2D eigenvalue weighted by molar-refractivity contribution is 7.01. The molecule has 4 saturated heterocycles. The van der Waals surface area contributed by atoms with E-state index < -0.39 is 70.2 Å². The zero-order chi connectivity index (χ0) is 23.2. The van der Waals surface area contributed by atoms with Gasteiger partial charge < -0.3 is 49.7 Å². The molecule has 31 heavy (non-hydrogen) atoms. The Kier molecular flexibility index (Phi) is 5.87. The van der Waals surface area contributed by atoms with Crippen molar-refractivity contribution in [3.05, 3.63) is 12.3 Å². The zero-order valence-electron chi connectivity index (χ0n) is 19.2. The van der Waals surface area contributed by atoms with Gasteiger partial charge in [0, 0.05) is 46.4 Å². The molecule has 0 aliphatic carbocycles. The minimum atomic E-state index is -3.70. The molecule has 12 nitrogen and oxygen atoms in total. The standard InChI is InChI=1S/C11H30O12Si8/c1-11-31-21-28(8)15-25(5,12-2)16-29(9,22-31)18-27(7)14-24(3,4)13-26(6,17-28)19-30(10,20-27)23-31/h11H,1H2,2-10H3. The molecule has 0 N–H and O–H groups in total. The molecule has 0 amide bonds. The van der Waals surface area contributed by atoms with Gasteiger partial charge in [-0.25, -0.2) is 0 Å². The van der Waals surface area contributed by atoms with Crippen LogP contribution in [0, 0.1) is 0 Å². The predicted octanol–water partition coefficient (Wildman–Crippen LogP) is 1.65. The lowest BCUT2D eigenvalue weighted by Gasteiger charge is -2.57. The lowest BCUT2D eigenvalue weighted by molar-refractivity contribution is 0.0104. The first-order valence-corrected chi connectivity index (χ1v) is 27.8. The van der Waals surface area contributed by atoms with Crippen molar-refractivity contribution in [1.29, 1.82) is 0 Å². The highest BCUT2D eigenvalue weighted by Crippen LogP contribution is 2.44. The highest BCUT2D eigenvalue weighted by Gasteiger charge is 2.75. The van der Waals surface area contributed by atoms with E-state index in [1.165, 1.54) is 12.8 Å². The molecular formula is C11H30O12Si8. The average Bonchev–Trinajstić information content (AvgIpc) is 2.45. The maximum Gasteiger partial charge on any atom is 0.506 e. The van der Waals surface area contributed by atoms with Crippen LogP contribution in [-0.4, -0.2) is 77.3 Å². The van der Waals surface area contributed by atoms with E-state index in [4.69, 9.17) is 49.7 Å². The van der Waals surface area contributed by atoms with Crippen molar-refractivity contribution >= 4 is 70.2 Å². The Labute approximate surface area is 191 Å². The molecule has 178 valence electrons. The van der Waals surface area contributed by atoms with Crippen molar-refractivity contribution in [3.8, 4) is 0 Å². The Morgan fingerprint density at radius 2 is 0.839 bits per heavy atom. The van der Waals surface area contributed by atoms with Crippen LogP contribution in [0.4, 0.5) is 0 Å². The molecular weight excluding hydrogens is 549 g/mol. The Morgan fingerprint density at radius 3 is 1.16 bits per heavy atom. The molecule has 4 atom stereocenters. The monoisotopic (exact) mass is 578 g/mol. The first kappa shape index (κ1) is 25.1. The summed E-state index contributed by atoms with van der Waals surface area (Å²) >= 11 is 0. The SMILES string of the molecule is C=C[Si]12O[Si]3(C)O[Si](C)(OC)O[Si](C)(O[Si]4(C)O[Si](C)(C)O[Si](C)(O3)O[Si](C)(O4)O1)O2. The van der Waals surface area contributed by atoms with E-state index >= 15 is 0 Å². The average molecular weight is 579 g/mol. The summed E-state index contributed by atoms with van der Waals surface area (Å²) in [5.41, 5.74) is 1.50. The highest BCUT2D eigenvalue weighted by atomic mass is 28.6. The summed E-state index contributed by atoms with van der Waals surface area (Å²) < 4.78 is 76.9. The third kappa shape index (κ3) is 4.89. The third-order valence-electron chi connectivity index (χ3n) is 4.69. The Bertz CT molecular complexity index is 746. The molecule has 0 saturated carbocycles. The smallest absolute Gasteiger partial charge is 0.395 e. The number of fused-ring (bicyclic) bond motifs is 4. The molecule has 4 fully saturated rings. The Hall–Kier alpha value is 0.995. The molecule has 0 spiro atoms. The summed E-state index contributed by atoms with van der Waals surface area (Å²) in [5, 5.41) is 0. The van der Waals surface area contributed by atoms with Gasteiger partial charge in [0.15, 0.2) is 0 Å². The summed E-state index contributed by atoms with van der Waals surface area (Å²) in [4.78, 5) is 0. The van der Waals surface area contributed by atoms with Crippen molar-refractivity contribution in [2.45, 2.75) is 52.4 Å². The van der Waals surface area contributed by atoms with E-state index in [1.54, 1.807) is 39.3 Å². The van der Waals surface area contributed by atoms with Crippen LogP contribution in [0.3, 0.4) is 0 Å². The first-order valence-electron chi connectivity index (χ1n) is 9.80. The second-order valence-electron chi connectivity index (χ2n) is 8.71. The van der Waals surface area contributed by atoms with Gasteiger partial charge >= 0.3 is 70.2 Å². The number of hydrogen-bond acceptors (Lipinski definition) is 12. The van der Waals surface area contributed by atoms with Gasteiger partial charge in [-0.2, -0.15) is 0 Å². The first-order chi connectivity index (χ1) is 13.9. The molecule has 0 aromatic carbocycles. The van der Waals surface area contributed by atoms with Crippen molar-refractivity contribution < 1.29 is 49.7 Å². The van der Waals surface area contributed by atoms with Gasteiger partial charge in [-0.1, -0.05) is 0 Å². The van der Waals surface area contributed by atoms with Crippen LogP contribution in [0.2, 0.25) is 52.4 Å². The van der Waals surface area contributed by atoms with E-state index in [0.717, 1.165) is 0 Å². The molecule has 4 unspecified atom stereocenters. The van der Waals surface area contributed by atoms with Crippen molar-refractivity contribution in [2.24, 2.45) is 0 Å². The van der Waals surface area contributed by atoms with Gasteiger partial charge in [-0.15, -0.1) is 6.58 Å². The summed E-state index contributed by atoms with van der Waals surface area (Å²) in [5.74, 6) is 0. The summed E-state index contributed by atoms with van der Waals surface area (Å²) in [6.45, 7) is 18.1. The van der Waals surface area contributed by atoms with Crippen LogP contribution in [0.25, 0.3) is 0 Å². The lowest BCUT2D eigenvalue weighted by atomic mass is 11.3. The minimum Gasteiger partial charge on any atom is -0.395 e. The molecule has 4 rings (SSSR count). The maximum absolute atomic E-state index is 6.51. The maximum atomic E-state index is 6.51. The Morgan fingerprint density at radius 1 is 0.516 bits per heavy atom. The van der Waals surface area contributed by atoms with Crippen LogP contribution in [0.1, 0.15) is 0 Å². The third-order valence-corrected chi connectivity index (χ3v) is 38.5. The number of hydrogen-bond donors (Lipinski definition) is 0. The summed E-state index contributed by atoms with van der Waals surface area (Å²) in [7, 11) is -26.0. The van der Waals surface area contributed by atoms with E-state index in [1.807, 2.05) is 13.1 Å². The minimum absolute atomic E-state index is 1.50. The van der Waals surface area contributed by atoms with Gasteiger partial charge in [-0.3, -0.25) is 0 Å². The van der Waals surface area contributed by atoms with Gasteiger partial charge in [0.2, 0.25) is 0 Å². The molecule has 0 aromatic rings. The van der Waals surface area contributed by atoms with E-state index in [-0.39, 0.29) is 0 Å². The van der Waals surface area contributed by atoms with Gasteiger partial charge in [0.05, 0.1) is 0 Å². The van der Waals surface area contributed by atoms with Crippen LogP contribution < -0.4 is 0 Å². The molecule has 6 bridgehead atoms. The molecule has 0 radical (unpaired) electrons. The quantitative estimate of drug-likeness (QED) is 0.444. The fraction of sp³-hybridized carbons (Fsp3) is 0.818. The van der Waals surface area contributed by atoms with E-state index in [0.29, 0.717) is 0 Å². The van der Waals surface area contributed by atoms with Gasteiger partial charge in [-0.05, 0) is 18.8 Å². The second kappa shape index (κ2) is 7.26. The fourth-order valence-corrected chi connectivity index (χ4v) is 46.3. The summed E-state index contributed by atoms with van der Waals surface area (Å²) in [6.07, 6.45) is 0. The van der Waals surface area contributed by atoms with Gasteiger partial charge in [0.1, 0.15) is 0 Å². The predicted molar refractivity (Wildman–Crippen MR) is 122 cm³/mol. The van der Waals surface area contributed by atoms with Gasteiger partial charge in [0.25, 0.3) is 0 Å². The molecule has 0 aromatic heterocycles. The van der Waals surface area contributed by atoms with Crippen molar-refractivity contribution in [1.82, 2.24) is 0 Å². The Balaban J connectivity index is 1.98. The lowest BCUT2D eigenvalue weighted by Crippen LogP contribution is -2.82.